The fourth-order valence-corrected chi connectivity index (χ4v) is 2.60. The maximum absolute atomic E-state index is 13.6. The van der Waals surface area contributed by atoms with E-state index in [-0.39, 0.29) is 5.02 Å². The zero-order valence-corrected chi connectivity index (χ0v) is 11.5. The summed E-state index contributed by atoms with van der Waals surface area (Å²) in [5, 5.41) is 0.0869. The molecule has 1 heterocycles. The van der Waals surface area contributed by atoms with E-state index in [1.165, 1.54) is 12.1 Å². The third-order valence-corrected chi connectivity index (χ3v) is 3.80. The van der Waals surface area contributed by atoms with Gasteiger partial charge in [0.05, 0.1) is 5.02 Å². The van der Waals surface area contributed by atoms with E-state index in [0.717, 1.165) is 36.9 Å². The number of anilines is 1. The molecule has 0 radical (unpaired) electrons. The standard InChI is InChI=1S/C14H14ClFN4/c15-10-6-5-8(7-11(10)16)13-18-12-4-2-1-3-9(12)14(19-13)20-17/h5-7H,1-4,17H2,(H,18,19,20). The number of benzene rings is 1. The highest BCUT2D eigenvalue weighted by Gasteiger charge is 2.18. The Morgan fingerprint density at radius 1 is 1.20 bits per heavy atom. The molecule has 0 aliphatic heterocycles. The van der Waals surface area contributed by atoms with Crippen LogP contribution in [0.1, 0.15) is 24.1 Å². The molecule has 0 saturated heterocycles. The summed E-state index contributed by atoms with van der Waals surface area (Å²) in [6.07, 6.45) is 4.03. The number of nitrogens with one attached hydrogen (secondary N) is 1. The summed E-state index contributed by atoms with van der Waals surface area (Å²) in [6.45, 7) is 0. The van der Waals surface area contributed by atoms with Crippen LogP contribution in [0.2, 0.25) is 5.02 Å². The van der Waals surface area contributed by atoms with Gasteiger partial charge in [0.25, 0.3) is 0 Å². The van der Waals surface area contributed by atoms with Crippen molar-refractivity contribution in [1.82, 2.24) is 9.97 Å². The topological polar surface area (TPSA) is 63.8 Å². The van der Waals surface area contributed by atoms with Gasteiger partial charge in [-0.1, -0.05) is 11.6 Å². The van der Waals surface area contributed by atoms with Gasteiger partial charge in [-0.05, 0) is 43.9 Å². The summed E-state index contributed by atoms with van der Waals surface area (Å²) >= 11 is 5.69. The van der Waals surface area contributed by atoms with Crippen molar-refractivity contribution in [2.24, 2.45) is 5.84 Å². The molecule has 1 aliphatic carbocycles. The minimum absolute atomic E-state index is 0.0869. The van der Waals surface area contributed by atoms with E-state index < -0.39 is 5.82 Å². The molecular weight excluding hydrogens is 279 g/mol. The Morgan fingerprint density at radius 2 is 2.00 bits per heavy atom. The molecule has 0 atom stereocenters. The maximum Gasteiger partial charge on any atom is 0.161 e. The summed E-state index contributed by atoms with van der Waals surface area (Å²) in [5.74, 6) is 6.15. The third-order valence-electron chi connectivity index (χ3n) is 3.50. The third kappa shape index (κ3) is 2.34. The normalized spacial score (nSPS) is 13.9. The molecule has 0 fully saturated rings. The van der Waals surface area contributed by atoms with Gasteiger partial charge in [-0.3, -0.25) is 0 Å². The number of halogens is 2. The van der Waals surface area contributed by atoms with Gasteiger partial charge < -0.3 is 5.43 Å². The number of aryl methyl sites for hydroxylation is 1. The number of hydrazine groups is 1. The second-order valence-corrected chi connectivity index (χ2v) is 5.21. The van der Waals surface area contributed by atoms with Crippen LogP contribution in [0.3, 0.4) is 0 Å². The smallest absolute Gasteiger partial charge is 0.161 e. The average Bonchev–Trinajstić information content (AvgIpc) is 2.49. The van der Waals surface area contributed by atoms with Crippen LogP contribution >= 0.6 is 11.6 Å². The Balaban J connectivity index is 2.11. The van der Waals surface area contributed by atoms with Gasteiger partial charge in [0.2, 0.25) is 0 Å². The summed E-state index contributed by atoms with van der Waals surface area (Å²) in [4.78, 5) is 8.94. The summed E-state index contributed by atoms with van der Waals surface area (Å²) < 4.78 is 13.6. The summed E-state index contributed by atoms with van der Waals surface area (Å²) in [5.41, 5.74) is 5.27. The van der Waals surface area contributed by atoms with Crippen molar-refractivity contribution in [3.63, 3.8) is 0 Å². The van der Waals surface area contributed by atoms with Gasteiger partial charge in [-0.2, -0.15) is 0 Å². The van der Waals surface area contributed by atoms with Crippen LogP contribution in [0.5, 0.6) is 0 Å². The Hall–Kier alpha value is -1.72. The Morgan fingerprint density at radius 3 is 2.75 bits per heavy atom. The number of hydrogen-bond donors (Lipinski definition) is 2. The first-order chi connectivity index (χ1) is 9.69. The molecule has 1 aliphatic rings. The number of fused-ring (bicyclic) bond motifs is 1. The molecule has 3 rings (SSSR count). The van der Waals surface area contributed by atoms with Crippen molar-refractivity contribution in [3.8, 4) is 11.4 Å². The maximum atomic E-state index is 13.6. The van der Waals surface area contributed by atoms with Crippen LogP contribution < -0.4 is 11.3 Å². The lowest BCUT2D eigenvalue weighted by Gasteiger charge is -2.18. The highest BCUT2D eigenvalue weighted by molar-refractivity contribution is 6.30. The highest BCUT2D eigenvalue weighted by Crippen LogP contribution is 2.29. The first-order valence-corrected chi connectivity index (χ1v) is 6.88. The minimum atomic E-state index is -0.479. The molecule has 104 valence electrons. The van der Waals surface area contributed by atoms with E-state index in [0.29, 0.717) is 17.2 Å². The number of aromatic nitrogens is 2. The van der Waals surface area contributed by atoms with Gasteiger partial charge >= 0.3 is 0 Å². The van der Waals surface area contributed by atoms with Crippen molar-refractivity contribution < 1.29 is 4.39 Å². The van der Waals surface area contributed by atoms with E-state index in [4.69, 9.17) is 17.4 Å². The van der Waals surface area contributed by atoms with Gasteiger partial charge in [0.1, 0.15) is 11.6 Å². The number of rotatable bonds is 2. The zero-order valence-electron chi connectivity index (χ0n) is 10.8. The lowest BCUT2D eigenvalue weighted by atomic mass is 9.96. The summed E-state index contributed by atoms with van der Waals surface area (Å²) in [6, 6.07) is 4.55. The van der Waals surface area contributed by atoms with Gasteiger partial charge in [0, 0.05) is 16.8 Å². The molecule has 0 amide bonds. The monoisotopic (exact) mass is 292 g/mol. The molecule has 4 nitrogen and oxygen atoms in total. The molecule has 0 unspecified atom stereocenters. The molecule has 0 bridgehead atoms. The number of hydrogen-bond acceptors (Lipinski definition) is 4. The largest absolute Gasteiger partial charge is 0.308 e. The van der Waals surface area contributed by atoms with Crippen LogP contribution in [-0.2, 0) is 12.8 Å². The molecule has 6 heteroatoms. The van der Waals surface area contributed by atoms with Crippen LogP contribution in [0.25, 0.3) is 11.4 Å². The van der Waals surface area contributed by atoms with E-state index >= 15 is 0 Å². The van der Waals surface area contributed by atoms with Crippen molar-refractivity contribution in [1.29, 1.82) is 0 Å². The van der Waals surface area contributed by atoms with Gasteiger partial charge in [0.15, 0.2) is 5.82 Å². The molecule has 0 saturated carbocycles. The second kappa shape index (κ2) is 5.34. The van der Waals surface area contributed by atoms with Crippen molar-refractivity contribution in [2.45, 2.75) is 25.7 Å². The lowest BCUT2D eigenvalue weighted by molar-refractivity contribution is 0.628. The van der Waals surface area contributed by atoms with E-state index in [1.807, 2.05) is 0 Å². The molecular formula is C14H14ClFN4. The lowest BCUT2D eigenvalue weighted by Crippen LogP contribution is -2.17. The minimum Gasteiger partial charge on any atom is -0.308 e. The SMILES string of the molecule is NNc1nc(-c2ccc(Cl)c(F)c2)nc2c1CCCC2. The Bertz CT molecular complexity index is 643. The fourth-order valence-electron chi connectivity index (χ4n) is 2.48. The second-order valence-electron chi connectivity index (χ2n) is 4.80. The Kier molecular flexibility index (Phi) is 3.54. The fraction of sp³-hybridized carbons (Fsp3) is 0.286. The molecule has 1 aromatic carbocycles. The van der Waals surface area contributed by atoms with Gasteiger partial charge in [-0.25, -0.2) is 20.2 Å². The number of nitrogens with two attached hydrogens (primary N) is 1. The molecule has 20 heavy (non-hydrogen) atoms. The number of nitrogen functional groups attached to an aromatic ring is 1. The molecule has 3 N–H and O–H groups in total. The quantitative estimate of drug-likeness (QED) is 0.659. The van der Waals surface area contributed by atoms with E-state index in [9.17, 15) is 4.39 Å². The van der Waals surface area contributed by atoms with Crippen LogP contribution in [0.15, 0.2) is 18.2 Å². The summed E-state index contributed by atoms with van der Waals surface area (Å²) in [7, 11) is 0. The van der Waals surface area contributed by atoms with Crippen molar-refractivity contribution in [2.75, 3.05) is 5.43 Å². The van der Waals surface area contributed by atoms with E-state index in [2.05, 4.69) is 15.4 Å². The Labute approximate surface area is 121 Å². The van der Waals surface area contributed by atoms with Crippen LogP contribution in [-0.4, -0.2) is 9.97 Å². The van der Waals surface area contributed by atoms with Crippen LogP contribution in [0.4, 0.5) is 10.2 Å². The van der Waals surface area contributed by atoms with Crippen molar-refractivity contribution in [3.05, 3.63) is 40.3 Å². The van der Waals surface area contributed by atoms with Gasteiger partial charge in [-0.15, -0.1) is 0 Å². The number of nitrogens with zero attached hydrogens (tertiary/aromatic N) is 2. The van der Waals surface area contributed by atoms with E-state index in [1.54, 1.807) is 6.07 Å². The first kappa shape index (κ1) is 13.3. The predicted octanol–water partition coefficient (Wildman–Crippen LogP) is 3.10. The molecule has 2 aromatic rings. The molecule has 0 spiro atoms. The van der Waals surface area contributed by atoms with Crippen molar-refractivity contribution >= 4 is 17.4 Å². The predicted molar refractivity (Wildman–Crippen MR) is 76.9 cm³/mol. The highest BCUT2D eigenvalue weighted by atomic mass is 35.5. The zero-order chi connectivity index (χ0) is 14.1. The van der Waals surface area contributed by atoms with Crippen LogP contribution in [0, 0.1) is 5.82 Å². The first-order valence-electron chi connectivity index (χ1n) is 6.51. The average molecular weight is 293 g/mol. The molecule has 1 aromatic heterocycles.